The first-order chi connectivity index (χ1) is 13.6. The SMILES string of the molecule is Cc1nc(CN2C(=O)CCC23CCCN(c2ncnc4ccsc24)CC3)cs1. The van der Waals surface area contributed by atoms with E-state index in [1.54, 1.807) is 29.0 Å². The zero-order chi connectivity index (χ0) is 19.1. The number of aromatic nitrogens is 3. The number of thiophene rings is 1. The normalized spacial score (nSPS) is 23.1. The summed E-state index contributed by atoms with van der Waals surface area (Å²) in [4.78, 5) is 30.8. The van der Waals surface area contributed by atoms with E-state index in [2.05, 4.69) is 41.6 Å². The van der Waals surface area contributed by atoms with Gasteiger partial charge in [-0.05, 0) is 44.1 Å². The molecule has 3 aromatic rings. The number of thiazole rings is 1. The van der Waals surface area contributed by atoms with Gasteiger partial charge in [0.2, 0.25) is 5.91 Å². The lowest BCUT2D eigenvalue weighted by Crippen LogP contribution is -2.46. The quantitative estimate of drug-likeness (QED) is 0.649. The number of aryl methyl sites for hydroxylation is 1. The maximum atomic E-state index is 12.7. The van der Waals surface area contributed by atoms with E-state index in [1.165, 1.54) is 0 Å². The number of carbonyl (C=O) groups excluding carboxylic acids is 1. The highest BCUT2D eigenvalue weighted by atomic mass is 32.1. The van der Waals surface area contributed by atoms with Gasteiger partial charge in [0.1, 0.15) is 12.1 Å². The van der Waals surface area contributed by atoms with Gasteiger partial charge in [0.25, 0.3) is 0 Å². The Hall–Kier alpha value is -2.06. The summed E-state index contributed by atoms with van der Waals surface area (Å²) in [5.74, 6) is 1.32. The lowest BCUT2D eigenvalue weighted by atomic mass is 9.87. The molecule has 0 aromatic carbocycles. The van der Waals surface area contributed by atoms with Crippen LogP contribution in [-0.2, 0) is 11.3 Å². The van der Waals surface area contributed by atoms with Crippen LogP contribution in [0.4, 0.5) is 5.82 Å². The molecule has 8 heteroatoms. The zero-order valence-corrected chi connectivity index (χ0v) is 17.6. The van der Waals surface area contributed by atoms with E-state index in [9.17, 15) is 4.79 Å². The standard InChI is InChI=1S/C20H23N5OS2/c1-14-23-15(12-28-14)11-25-17(26)3-6-20(25)5-2-8-24(9-7-20)19-18-16(4-10-27-18)21-13-22-19/h4,10,12-13H,2-3,5-9,11H2,1H3. The molecule has 2 saturated heterocycles. The number of carbonyl (C=O) groups is 1. The van der Waals surface area contributed by atoms with Crippen LogP contribution in [0.3, 0.4) is 0 Å². The van der Waals surface area contributed by atoms with Crippen LogP contribution < -0.4 is 4.90 Å². The molecule has 6 nitrogen and oxygen atoms in total. The second kappa shape index (κ2) is 7.08. The molecule has 0 saturated carbocycles. The summed E-state index contributed by atoms with van der Waals surface area (Å²) in [5.41, 5.74) is 2.00. The second-order valence-electron chi connectivity index (χ2n) is 7.73. The van der Waals surface area contributed by atoms with Crippen LogP contribution in [-0.4, -0.2) is 44.4 Å². The summed E-state index contributed by atoms with van der Waals surface area (Å²) in [6.07, 6.45) is 6.39. The molecular weight excluding hydrogens is 390 g/mol. The first-order valence-electron chi connectivity index (χ1n) is 9.79. The van der Waals surface area contributed by atoms with Crippen molar-refractivity contribution >= 4 is 44.6 Å². The van der Waals surface area contributed by atoms with E-state index in [0.29, 0.717) is 13.0 Å². The number of hydrogen-bond donors (Lipinski definition) is 0. The number of rotatable bonds is 3. The summed E-state index contributed by atoms with van der Waals surface area (Å²) in [5, 5.41) is 5.23. The highest BCUT2D eigenvalue weighted by Crippen LogP contribution is 2.41. The third-order valence-corrected chi connectivity index (χ3v) is 7.83. The number of fused-ring (bicyclic) bond motifs is 1. The predicted molar refractivity (Wildman–Crippen MR) is 113 cm³/mol. The van der Waals surface area contributed by atoms with Crippen molar-refractivity contribution in [1.82, 2.24) is 19.9 Å². The molecule has 28 heavy (non-hydrogen) atoms. The van der Waals surface area contributed by atoms with Crippen molar-refractivity contribution < 1.29 is 4.79 Å². The predicted octanol–water partition coefficient (Wildman–Crippen LogP) is 4.01. The lowest BCUT2D eigenvalue weighted by molar-refractivity contribution is -0.132. The Kier molecular flexibility index (Phi) is 4.55. The molecule has 0 bridgehead atoms. The molecule has 5 rings (SSSR count). The van der Waals surface area contributed by atoms with Gasteiger partial charge in [-0.3, -0.25) is 4.79 Å². The summed E-state index contributed by atoms with van der Waals surface area (Å²) >= 11 is 3.36. The first kappa shape index (κ1) is 18.0. The molecule has 5 heterocycles. The van der Waals surface area contributed by atoms with Crippen molar-refractivity contribution in [3.05, 3.63) is 33.9 Å². The van der Waals surface area contributed by atoms with E-state index in [4.69, 9.17) is 0 Å². The molecule has 2 aliphatic heterocycles. The van der Waals surface area contributed by atoms with Gasteiger partial charge >= 0.3 is 0 Å². The van der Waals surface area contributed by atoms with E-state index >= 15 is 0 Å². The summed E-state index contributed by atoms with van der Waals surface area (Å²) in [7, 11) is 0. The van der Waals surface area contributed by atoms with Gasteiger partial charge in [-0.15, -0.1) is 22.7 Å². The van der Waals surface area contributed by atoms with Crippen molar-refractivity contribution in [1.29, 1.82) is 0 Å². The first-order valence-corrected chi connectivity index (χ1v) is 11.6. The summed E-state index contributed by atoms with van der Waals surface area (Å²) in [6, 6.07) is 2.05. The van der Waals surface area contributed by atoms with Gasteiger partial charge in [-0.2, -0.15) is 0 Å². The van der Waals surface area contributed by atoms with Crippen LogP contribution in [0, 0.1) is 6.92 Å². The van der Waals surface area contributed by atoms with Gasteiger partial charge in [-0.1, -0.05) is 0 Å². The Labute approximate surface area is 172 Å². The molecule has 1 amide bonds. The fourth-order valence-electron chi connectivity index (χ4n) is 4.68. The smallest absolute Gasteiger partial charge is 0.223 e. The number of nitrogens with zero attached hydrogens (tertiary/aromatic N) is 5. The van der Waals surface area contributed by atoms with Crippen LogP contribution in [0.25, 0.3) is 10.2 Å². The van der Waals surface area contributed by atoms with Crippen LogP contribution in [0.2, 0.25) is 0 Å². The number of hydrogen-bond acceptors (Lipinski definition) is 7. The molecule has 146 valence electrons. The zero-order valence-electron chi connectivity index (χ0n) is 15.9. The molecule has 2 aliphatic rings. The second-order valence-corrected chi connectivity index (χ2v) is 9.71. The van der Waals surface area contributed by atoms with Crippen molar-refractivity contribution in [2.75, 3.05) is 18.0 Å². The maximum absolute atomic E-state index is 12.7. The fraction of sp³-hybridized carbons (Fsp3) is 0.500. The Balaban J connectivity index is 1.39. The Morgan fingerprint density at radius 2 is 2.11 bits per heavy atom. The Morgan fingerprint density at radius 3 is 2.96 bits per heavy atom. The highest BCUT2D eigenvalue weighted by molar-refractivity contribution is 7.17. The molecule has 1 atom stereocenters. The molecule has 0 aliphatic carbocycles. The van der Waals surface area contributed by atoms with Crippen molar-refractivity contribution in [2.24, 2.45) is 0 Å². The lowest BCUT2D eigenvalue weighted by Gasteiger charge is -2.38. The minimum Gasteiger partial charge on any atom is -0.355 e. The van der Waals surface area contributed by atoms with Gasteiger partial charge in [0.15, 0.2) is 0 Å². The van der Waals surface area contributed by atoms with E-state index in [1.807, 2.05) is 6.92 Å². The highest BCUT2D eigenvalue weighted by Gasteiger charge is 2.46. The molecule has 0 N–H and O–H groups in total. The van der Waals surface area contributed by atoms with Gasteiger partial charge in [-0.25, -0.2) is 15.0 Å². The minimum atomic E-state index is -0.0368. The molecule has 1 unspecified atom stereocenters. The fourth-order valence-corrected chi connectivity index (χ4v) is 6.15. The van der Waals surface area contributed by atoms with Crippen LogP contribution in [0.1, 0.15) is 42.8 Å². The molecule has 2 fully saturated rings. The topological polar surface area (TPSA) is 62.2 Å². The number of anilines is 1. The van der Waals surface area contributed by atoms with Gasteiger partial charge in [0.05, 0.1) is 27.5 Å². The average molecular weight is 414 g/mol. The molecule has 0 radical (unpaired) electrons. The van der Waals surface area contributed by atoms with Crippen LogP contribution in [0.5, 0.6) is 0 Å². The Bertz CT molecular complexity index is 1010. The van der Waals surface area contributed by atoms with Crippen molar-refractivity contribution in [2.45, 2.75) is 51.1 Å². The number of amides is 1. The van der Waals surface area contributed by atoms with Gasteiger partial charge < -0.3 is 9.80 Å². The van der Waals surface area contributed by atoms with Crippen molar-refractivity contribution in [3.63, 3.8) is 0 Å². The van der Waals surface area contributed by atoms with Crippen LogP contribution >= 0.6 is 22.7 Å². The monoisotopic (exact) mass is 413 g/mol. The maximum Gasteiger partial charge on any atom is 0.223 e. The van der Waals surface area contributed by atoms with Crippen molar-refractivity contribution in [3.8, 4) is 0 Å². The van der Waals surface area contributed by atoms with E-state index < -0.39 is 0 Å². The van der Waals surface area contributed by atoms with E-state index in [-0.39, 0.29) is 11.4 Å². The average Bonchev–Trinajstić information content (AvgIpc) is 3.36. The summed E-state index contributed by atoms with van der Waals surface area (Å²) < 4.78 is 1.16. The van der Waals surface area contributed by atoms with E-state index in [0.717, 1.165) is 65.5 Å². The third-order valence-electron chi connectivity index (χ3n) is 6.11. The summed E-state index contributed by atoms with van der Waals surface area (Å²) in [6.45, 7) is 4.56. The minimum absolute atomic E-state index is 0.0368. The van der Waals surface area contributed by atoms with Gasteiger partial charge in [0, 0.05) is 30.4 Å². The largest absolute Gasteiger partial charge is 0.355 e. The molecular formula is C20H23N5OS2. The van der Waals surface area contributed by atoms with Crippen LogP contribution in [0.15, 0.2) is 23.2 Å². The molecule has 1 spiro atoms. The Morgan fingerprint density at radius 1 is 1.18 bits per heavy atom. The number of likely N-dealkylation sites (tertiary alicyclic amines) is 1. The third kappa shape index (κ3) is 3.08. The molecule has 3 aromatic heterocycles.